The van der Waals surface area contributed by atoms with E-state index in [1.165, 1.54) is 6.07 Å². The van der Waals surface area contributed by atoms with Crippen LogP contribution in [0.4, 0.5) is 5.82 Å². The molecule has 11 nitrogen and oxygen atoms in total. The third-order valence-electron chi connectivity index (χ3n) is 4.42. The fourth-order valence-electron chi connectivity index (χ4n) is 3.25. The van der Waals surface area contributed by atoms with Crippen molar-refractivity contribution in [2.45, 2.75) is 9.79 Å². The van der Waals surface area contributed by atoms with Crippen LogP contribution in [0.15, 0.2) is 67.5 Å². The standard InChI is InChI=1S/C17H15N7O4S2/c18-13-7-4-9-2-1-3-11(15(9)23-13)10-5-6-12(29(19,25)26)16(30(20,27)28)14(10)17-21-8-22-24-17/h1-7H,8H2,(H2,18,23)(H2,19,25,26)(H2,20,27,28). The number of fused-ring (bicyclic) bond motifs is 1. The highest BCUT2D eigenvalue weighted by Gasteiger charge is 2.31. The molecule has 1 aromatic heterocycles. The van der Waals surface area contributed by atoms with Crippen LogP contribution in [0.25, 0.3) is 22.0 Å². The van der Waals surface area contributed by atoms with Crippen molar-refractivity contribution in [1.82, 2.24) is 4.98 Å². The normalized spacial score (nSPS) is 14.3. The van der Waals surface area contributed by atoms with Crippen LogP contribution >= 0.6 is 0 Å². The minimum Gasteiger partial charge on any atom is -0.384 e. The van der Waals surface area contributed by atoms with Crippen molar-refractivity contribution in [3.8, 4) is 11.1 Å². The lowest BCUT2D eigenvalue weighted by atomic mass is 9.96. The molecule has 6 N–H and O–H groups in total. The Kier molecular flexibility index (Phi) is 4.62. The Morgan fingerprint density at radius 1 is 0.867 bits per heavy atom. The van der Waals surface area contributed by atoms with Crippen LogP contribution in [0.2, 0.25) is 0 Å². The average Bonchev–Trinajstić information content (AvgIpc) is 3.19. The lowest BCUT2D eigenvalue weighted by molar-refractivity contribution is 0.584. The van der Waals surface area contributed by atoms with Crippen molar-refractivity contribution in [3.63, 3.8) is 0 Å². The number of para-hydroxylation sites is 1. The first-order valence-corrected chi connectivity index (χ1v) is 11.5. The second-order valence-corrected chi connectivity index (χ2v) is 9.41. The summed E-state index contributed by atoms with van der Waals surface area (Å²) in [7, 11) is -9.00. The molecule has 0 radical (unpaired) electrons. The van der Waals surface area contributed by atoms with Gasteiger partial charge in [-0.15, -0.1) is 5.11 Å². The maximum Gasteiger partial charge on any atom is 0.240 e. The summed E-state index contributed by atoms with van der Waals surface area (Å²) < 4.78 is 49.2. The molecule has 30 heavy (non-hydrogen) atoms. The van der Waals surface area contributed by atoms with E-state index in [4.69, 9.17) is 16.0 Å². The van der Waals surface area contributed by atoms with Gasteiger partial charge in [0.15, 0.2) is 12.5 Å². The molecule has 0 saturated carbocycles. The molecule has 154 valence electrons. The molecular formula is C17H15N7O4S2. The van der Waals surface area contributed by atoms with Gasteiger partial charge in [-0.3, -0.25) is 0 Å². The summed E-state index contributed by atoms with van der Waals surface area (Å²) in [6.45, 7) is -0.0425. The first-order chi connectivity index (χ1) is 14.1. The quantitative estimate of drug-likeness (QED) is 0.534. The summed E-state index contributed by atoms with van der Waals surface area (Å²) in [5.74, 6) is 0.169. The molecule has 0 fully saturated rings. The molecule has 0 unspecified atom stereocenters. The number of primary sulfonamides is 2. The van der Waals surface area contributed by atoms with Gasteiger partial charge in [-0.1, -0.05) is 24.3 Å². The van der Waals surface area contributed by atoms with E-state index < -0.39 is 29.8 Å². The van der Waals surface area contributed by atoms with Crippen LogP contribution in [0, 0.1) is 0 Å². The summed E-state index contributed by atoms with van der Waals surface area (Å²) >= 11 is 0. The molecule has 1 aliphatic heterocycles. The third-order valence-corrected chi connectivity index (χ3v) is 6.49. The number of aliphatic imine (C=N–C) groups is 1. The van der Waals surface area contributed by atoms with Crippen LogP contribution in [0.5, 0.6) is 0 Å². The molecule has 2 aromatic carbocycles. The Morgan fingerprint density at radius 3 is 2.27 bits per heavy atom. The monoisotopic (exact) mass is 445 g/mol. The number of sulfonamides is 2. The number of amidine groups is 1. The molecule has 4 rings (SSSR count). The molecule has 1 aliphatic rings. The highest BCUT2D eigenvalue weighted by Crippen LogP contribution is 2.37. The molecule has 0 saturated heterocycles. The highest BCUT2D eigenvalue weighted by atomic mass is 32.2. The number of nitrogens with zero attached hydrogens (tertiary/aromatic N) is 4. The Morgan fingerprint density at radius 2 is 1.63 bits per heavy atom. The molecule has 2 heterocycles. The number of pyridine rings is 1. The largest absolute Gasteiger partial charge is 0.384 e. The van der Waals surface area contributed by atoms with Crippen LogP contribution in [-0.4, -0.2) is 34.3 Å². The van der Waals surface area contributed by atoms with Gasteiger partial charge in [0, 0.05) is 10.9 Å². The maximum absolute atomic E-state index is 12.5. The summed E-state index contributed by atoms with van der Waals surface area (Å²) in [6, 6.07) is 11.1. The van der Waals surface area contributed by atoms with Crippen molar-refractivity contribution in [1.29, 1.82) is 0 Å². The van der Waals surface area contributed by atoms with Gasteiger partial charge in [0.2, 0.25) is 20.0 Å². The summed E-state index contributed by atoms with van der Waals surface area (Å²) in [4.78, 5) is 7.04. The average molecular weight is 445 g/mol. The number of hydrogen-bond acceptors (Lipinski definition) is 9. The van der Waals surface area contributed by atoms with Crippen molar-refractivity contribution in [2.75, 3.05) is 12.4 Å². The van der Waals surface area contributed by atoms with Crippen LogP contribution in [0.1, 0.15) is 5.56 Å². The number of rotatable bonds is 4. The second-order valence-electron chi connectivity index (χ2n) is 6.38. The zero-order valence-electron chi connectivity index (χ0n) is 15.2. The van der Waals surface area contributed by atoms with Crippen LogP contribution in [0.3, 0.4) is 0 Å². The number of azo groups is 1. The predicted octanol–water partition coefficient (Wildman–Crippen LogP) is 0.949. The minimum absolute atomic E-state index is 0.0425. The van der Waals surface area contributed by atoms with Gasteiger partial charge in [0.25, 0.3) is 0 Å². The number of anilines is 1. The zero-order chi connectivity index (χ0) is 21.7. The number of hydrogen-bond donors (Lipinski definition) is 3. The lowest BCUT2D eigenvalue weighted by Crippen LogP contribution is -2.24. The SMILES string of the molecule is Nc1ccc2cccc(-c3ccc(S(N)(=O)=O)c(S(N)(=O)=O)c3C3=NCN=N3)c2n1. The molecule has 0 aliphatic carbocycles. The fraction of sp³-hybridized carbons (Fsp3) is 0.0588. The summed E-state index contributed by atoms with van der Waals surface area (Å²) in [6.07, 6.45) is 0. The Hall–Kier alpha value is -3.26. The lowest BCUT2D eigenvalue weighted by Gasteiger charge is -2.16. The van der Waals surface area contributed by atoms with E-state index >= 15 is 0 Å². The second kappa shape index (κ2) is 6.91. The van der Waals surface area contributed by atoms with E-state index in [2.05, 4.69) is 20.2 Å². The number of nitrogens with two attached hydrogens (primary N) is 3. The van der Waals surface area contributed by atoms with Crippen LogP contribution < -0.4 is 16.0 Å². The smallest absolute Gasteiger partial charge is 0.240 e. The molecule has 0 bridgehead atoms. The molecule has 13 heteroatoms. The van der Waals surface area contributed by atoms with Gasteiger partial charge in [-0.05, 0) is 23.8 Å². The number of aromatic nitrogens is 1. The van der Waals surface area contributed by atoms with Gasteiger partial charge in [0.05, 0.1) is 11.1 Å². The van der Waals surface area contributed by atoms with E-state index in [-0.39, 0.29) is 29.4 Å². The topological polar surface area (TPSA) is 196 Å². The molecule has 0 amide bonds. The minimum atomic E-state index is -4.56. The van der Waals surface area contributed by atoms with E-state index in [9.17, 15) is 16.8 Å². The Bertz CT molecular complexity index is 1480. The molecule has 3 aromatic rings. The van der Waals surface area contributed by atoms with Crippen molar-refractivity contribution >= 4 is 42.6 Å². The summed E-state index contributed by atoms with van der Waals surface area (Å²) in [5.41, 5.74) is 6.94. The van der Waals surface area contributed by atoms with E-state index in [1.54, 1.807) is 30.3 Å². The van der Waals surface area contributed by atoms with Crippen molar-refractivity contribution in [3.05, 3.63) is 48.0 Å². The van der Waals surface area contributed by atoms with Crippen LogP contribution in [-0.2, 0) is 20.0 Å². The van der Waals surface area contributed by atoms with Crippen molar-refractivity contribution in [2.24, 2.45) is 25.5 Å². The first kappa shape index (κ1) is 20.0. The first-order valence-electron chi connectivity index (χ1n) is 8.38. The third kappa shape index (κ3) is 3.43. The van der Waals surface area contributed by atoms with E-state index in [1.807, 2.05) is 0 Å². The Labute approximate surface area is 171 Å². The van der Waals surface area contributed by atoms with E-state index in [0.717, 1.165) is 11.5 Å². The molecule has 0 spiro atoms. The molecular weight excluding hydrogens is 430 g/mol. The van der Waals surface area contributed by atoms with E-state index in [0.29, 0.717) is 11.1 Å². The number of nitrogen functional groups attached to an aromatic ring is 1. The molecule has 0 atom stereocenters. The predicted molar refractivity (Wildman–Crippen MR) is 111 cm³/mol. The Balaban J connectivity index is 2.21. The van der Waals surface area contributed by atoms with Gasteiger partial charge < -0.3 is 5.73 Å². The van der Waals surface area contributed by atoms with Crippen molar-refractivity contribution < 1.29 is 16.8 Å². The summed E-state index contributed by atoms with van der Waals surface area (Å²) in [5, 5.41) is 19.0. The highest BCUT2D eigenvalue weighted by molar-refractivity contribution is 7.92. The zero-order valence-corrected chi connectivity index (χ0v) is 16.9. The van der Waals surface area contributed by atoms with Gasteiger partial charge >= 0.3 is 0 Å². The van der Waals surface area contributed by atoms with Gasteiger partial charge in [-0.2, -0.15) is 5.11 Å². The van der Waals surface area contributed by atoms with Gasteiger partial charge in [0.1, 0.15) is 15.6 Å². The number of benzene rings is 2. The maximum atomic E-state index is 12.5. The van der Waals surface area contributed by atoms with Gasteiger partial charge in [-0.25, -0.2) is 37.1 Å². The fourth-order valence-corrected chi connectivity index (χ4v) is 5.40.